The van der Waals surface area contributed by atoms with E-state index in [9.17, 15) is 22.0 Å². The van der Waals surface area contributed by atoms with Crippen LogP contribution in [0.4, 0.5) is 14.5 Å². The van der Waals surface area contributed by atoms with Crippen molar-refractivity contribution in [3.05, 3.63) is 65.2 Å². The molecule has 0 aliphatic carbocycles. The van der Waals surface area contributed by atoms with Crippen molar-refractivity contribution in [3.63, 3.8) is 0 Å². The van der Waals surface area contributed by atoms with Crippen LogP contribution in [0.5, 0.6) is 0 Å². The van der Waals surface area contributed by atoms with E-state index in [1.807, 2.05) is 38.1 Å². The van der Waals surface area contributed by atoms with Crippen molar-refractivity contribution in [2.45, 2.75) is 39.2 Å². The number of hydrogen-bond donors (Lipinski definition) is 1. The van der Waals surface area contributed by atoms with Crippen LogP contribution in [0.15, 0.2) is 42.5 Å². The summed E-state index contributed by atoms with van der Waals surface area (Å²) in [6.07, 6.45) is 2.06. The van der Waals surface area contributed by atoms with E-state index in [0.29, 0.717) is 0 Å². The number of amides is 1. The monoisotopic (exact) mass is 424 g/mol. The van der Waals surface area contributed by atoms with E-state index in [2.05, 4.69) is 5.32 Å². The first-order chi connectivity index (χ1) is 13.6. The standard InChI is InChI=1S/C21H26F2N2O3S/c1-4-20(17-9-6-5-8-15(17)2)24-21(26)10-7-13-25(29(3,27)28)16-11-12-18(22)19(23)14-16/h5-6,8-9,11-12,14,20H,4,7,10,13H2,1-3H3,(H,24,26)/t20-/m0/s1. The summed E-state index contributed by atoms with van der Waals surface area (Å²) in [6, 6.07) is 10.6. The summed E-state index contributed by atoms with van der Waals surface area (Å²) in [5, 5.41) is 2.98. The molecule has 2 aromatic carbocycles. The Morgan fingerprint density at radius 1 is 1.14 bits per heavy atom. The molecule has 8 heteroatoms. The highest BCUT2D eigenvalue weighted by molar-refractivity contribution is 7.92. The molecule has 5 nitrogen and oxygen atoms in total. The van der Waals surface area contributed by atoms with Crippen molar-refractivity contribution in [3.8, 4) is 0 Å². The molecule has 1 amide bonds. The molecule has 0 fully saturated rings. The maximum atomic E-state index is 13.5. The van der Waals surface area contributed by atoms with Crippen LogP contribution in [-0.4, -0.2) is 27.1 Å². The van der Waals surface area contributed by atoms with Crippen molar-refractivity contribution in [2.75, 3.05) is 17.1 Å². The van der Waals surface area contributed by atoms with Crippen LogP contribution in [-0.2, 0) is 14.8 Å². The third kappa shape index (κ3) is 6.25. The fraction of sp³-hybridized carbons (Fsp3) is 0.381. The van der Waals surface area contributed by atoms with Gasteiger partial charge in [-0.15, -0.1) is 0 Å². The molecule has 1 N–H and O–H groups in total. The van der Waals surface area contributed by atoms with E-state index >= 15 is 0 Å². The molecule has 2 aromatic rings. The molecule has 0 unspecified atom stereocenters. The molecule has 0 saturated heterocycles. The van der Waals surface area contributed by atoms with Gasteiger partial charge in [0.15, 0.2) is 11.6 Å². The first-order valence-corrected chi connectivity index (χ1v) is 11.3. The largest absolute Gasteiger partial charge is 0.349 e. The van der Waals surface area contributed by atoms with Crippen molar-refractivity contribution in [1.29, 1.82) is 0 Å². The summed E-state index contributed by atoms with van der Waals surface area (Å²) in [7, 11) is -3.71. The second-order valence-corrected chi connectivity index (χ2v) is 8.83. The predicted octanol–water partition coefficient (Wildman–Crippen LogP) is 4.09. The van der Waals surface area contributed by atoms with Gasteiger partial charge in [0.25, 0.3) is 0 Å². The summed E-state index contributed by atoms with van der Waals surface area (Å²) in [5.41, 5.74) is 2.15. The lowest BCUT2D eigenvalue weighted by atomic mass is 9.99. The van der Waals surface area contributed by atoms with E-state index in [0.717, 1.165) is 40.2 Å². The Bertz CT molecular complexity index is 964. The fourth-order valence-corrected chi connectivity index (χ4v) is 4.11. The van der Waals surface area contributed by atoms with E-state index in [1.54, 1.807) is 0 Å². The van der Waals surface area contributed by atoms with E-state index < -0.39 is 21.7 Å². The van der Waals surface area contributed by atoms with Crippen LogP contribution in [0.1, 0.15) is 43.4 Å². The minimum atomic E-state index is -3.71. The van der Waals surface area contributed by atoms with Gasteiger partial charge >= 0.3 is 0 Å². The normalized spacial score (nSPS) is 12.4. The van der Waals surface area contributed by atoms with Gasteiger partial charge in [-0.25, -0.2) is 17.2 Å². The molecular weight excluding hydrogens is 398 g/mol. The molecule has 0 saturated carbocycles. The Morgan fingerprint density at radius 2 is 1.83 bits per heavy atom. The van der Waals surface area contributed by atoms with Gasteiger partial charge in [0, 0.05) is 19.0 Å². The highest BCUT2D eigenvalue weighted by atomic mass is 32.2. The number of carbonyl (C=O) groups is 1. The molecule has 2 rings (SSSR count). The zero-order valence-electron chi connectivity index (χ0n) is 16.8. The molecule has 0 bridgehead atoms. The highest BCUT2D eigenvalue weighted by Crippen LogP contribution is 2.22. The summed E-state index contributed by atoms with van der Waals surface area (Å²) >= 11 is 0. The average molecular weight is 425 g/mol. The molecule has 0 spiro atoms. The number of anilines is 1. The third-order valence-corrected chi connectivity index (χ3v) is 5.86. The zero-order chi connectivity index (χ0) is 21.6. The Morgan fingerprint density at radius 3 is 2.41 bits per heavy atom. The number of nitrogens with zero attached hydrogens (tertiary/aromatic N) is 1. The summed E-state index contributed by atoms with van der Waals surface area (Å²) in [6.45, 7) is 3.94. The quantitative estimate of drug-likeness (QED) is 0.659. The zero-order valence-corrected chi connectivity index (χ0v) is 17.6. The van der Waals surface area contributed by atoms with Crippen molar-refractivity contribution in [2.24, 2.45) is 0 Å². The summed E-state index contributed by atoms with van der Waals surface area (Å²) < 4.78 is 51.7. The first kappa shape index (κ1) is 22.8. The van der Waals surface area contributed by atoms with Gasteiger partial charge in [-0.3, -0.25) is 9.10 Å². The van der Waals surface area contributed by atoms with Crippen LogP contribution in [0.25, 0.3) is 0 Å². The number of carbonyl (C=O) groups excluding carboxylic acids is 1. The van der Waals surface area contributed by atoms with Crippen LogP contribution in [0, 0.1) is 18.6 Å². The number of rotatable bonds is 9. The number of sulfonamides is 1. The molecule has 1 atom stereocenters. The number of halogens is 2. The fourth-order valence-electron chi connectivity index (χ4n) is 3.15. The molecule has 0 aliphatic rings. The number of benzene rings is 2. The summed E-state index contributed by atoms with van der Waals surface area (Å²) in [5.74, 6) is -2.37. The van der Waals surface area contributed by atoms with Gasteiger partial charge in [0.2, 0.25) is 15.9 Å². The van der Waals surface area contributed by atoms with Crippen molar-refractivity contribution < 1.29 is 22.0 Å². The maximum absolute atomic E-state index is 13.5. The number of nitrogens with one attached hydrogen (secondary N) is 1. The van der Waals surface area contributed by atoms with Gasteiger partial charge in [0.05, 0.1) is 18.0 Å². The minimum Gasteiger partial charge on any atom is -0.349 e. The first-order valence-electron chi connectivity index (χ1n) is 9.41. The van der Waals surface area contributed by atoms with Crippen molar-refractivity contribution in [1.82, 2.24) is 5.32 Å². The van der Waals surface area contributed by atoms with Crippen LogP contribution >= 0.6 is 0 Å². The Kier molecular flexibility index (Phi) is 7.73. The van der Waals surface area contributed by atoms with Crippen LogP contribution in [0.3, 0.4) is 0 Å². The second-order valence-electron chi connectivity index (χ2n) is 6.92. The summed E-state index contributed by atoms with van der Waals surface area (Å²) in [4.78, 5) is 12.4. The van der Waals surface area contributed by atoms with Gasteiger partial charge in [0.1, 0.15) is 0 Å². The van der Waals surface area contributed by atoms with Crippen molar-refractivity contribution >= 4 is 21.6 Å². The smallest absolute Gasteiger partial charge is 0.232 e. The third-order valence-electron chi connectivity index (χ3n) is 4.66. The van der Waals surface area contributed by atoms with Gasteiger partial charge < -0.3 is 5.32 Å². The van der Waals surface area contributed by atoms with Gasteiger partial charge in [-0.05, 0) is 43.0 Å². The molecule has 0 aliphatic heterocycles. The van der Waals surface area contributed by atoms with Crippen LogP contribution in [0.2, 0.25) is 0 Å². The highest BCUT2D eigenvalue weighted by Gasteiger charge is 2.20. The molecule has 158 valence electrons. The van der Waals surface area contributed by atoms with Gasteiger partial charge in [-0.2, -0.15) is 0 Å². The molecule has 0 heterocycles. The molecular formula is C21H26F2N2O3S. The minimum absolute atomic E-state index is 0.0154. The topological polar surface area (TPSA) is 66.5 Å². The Labute approximate surface area is 170 Å². The van der Waals surface area contributed by atoms with Crippen LogP contribution < -0.4 is 9.62 Å². The van der Waals surface area contributed by atoms with E-state index in [4.69, 9.17) is 0 Å². The number of aryl methyl sites for hydroxylation is 1. The average Bonchev–Trinajstić information content (AvgIpc) is 2.65. The lowest BCUT2D eigenvalue weighted by molar-refractivity contribution is -0.121. The van der Waals surface area contributed by atoms with Gasteiger partial charge in [-0.1, -0.05) is 31.2 Å². The molecule has 29 heavy (non-hydrogen) atoms. The Balaban J connectivity index is 2.01. The number of hydrogen-bond acceptors (Lipinski definition) is 3. The second kappa shape index (κ2) is 9.82. The SMILES string of the molecule is CC[C@H](NC(=O)CCCN(c1ccc(F)c(F)c1)S(C)(=O)=O)c1ccccc1C. The van der Waals surface area contributed by atoms with E-state index in [-0.39, 0.29) is 37.0 Å². The van der Waals surface area contributed by atoms with E-state index in [1.165, 1.54) is 6.07 Å². The predicted molar refractivity (Wildman–Crippen MR) is 110 cm³/mol. The Hall–Kier alpha value is -2.48. The maximum Gasteiger partial charge on any atom is 0.232 e. The molecule has 0 aromatic heterocycles. The lowest BCUT2D eigenvalue weighted by Crippen LogP contribution is -2.33. The lowest BCUT2D eigenvalue weighted by Gasteiger charge is -2.23. The molecule has 0 radical (unpaired) electrons.